The zero-order valence-electron chi connectivity index (χ0n) is 6.66. The number of fused-ring (bicyclic) bond motifs is 2. The van der Waals surface area contributed by atoms with E-state index in [1.165, 1.54) is 0 Å². The maximum absolute atomic E-state index is 10.8. The van der Waals surface area contributed by atoms with Crippen LogP contribution in [0.4, 0.5) is 4.79 Å². The van der Waals surface area contributed by atoms with Crippen LogP contribution < -0.4 is 5.73 Å². The van der Waals surface area contributed by atoms with Gasteiger partial charge in [0.15, 0.2) is 0 Å². The van der Waals surface area contributed by atoms with Crippen molar-refractivity contribution in [2.24, 2.45) is 5.73 Å². The zero-order chi connectivity index (χ0) is 8.01. The molecule has 0 aliphatic carbocycles. The van der Waals surface area contributed by atoms with E-state index in [-0.39, 0.29) is 6.03 Å². The Hall–Kier alpha value is -0.770. The lowest BCUT2D eigenvalue weighted by atomic mass is 9.88. The lowest BCUT2D eigenvalue weighted by Crippen LogP contribution is -2.70. The molecule has 3 rings (SSSR count). The van der Waals surface area contributed by atoms with Crippen molar-refractivity contribution in [3.63, 3.8) is 0 Å². The van der Waals surface area contributed by atoms with Crippen molar-refractivity contribution in [2.75, 3.05) is 20.1 Å². The van der Waals surface area contributed by atoms with Gasteiger partial charge in [-0.1, -0.05) is 0 Å². The van der Waals surface area contributed by atoms with Crippen LogP contribution in [0.15, 0.2) is 0 Å². The van der Waals surface area contributed by atoms with E-state index in [4.69, 9.17) is 5.73 Å². The second kappa shape index (κ2) is 2.11. The average Bonchev–Trinajstić information content (AvgIpc) is 1.84. The number of primary amides is 1. The van der Waals surface area contributed by atoms with E-state index >= 15 is 0 Å². The Labute approximate surface area is 65.9 Å². The first kappa shape index (κ1) is 6.91. The van der Waals surface area contributed by atoms with Crippen LogP contribution >= 0.6 is 0 Å². The summed E-state index contributed by atoms with van der Waals surface area (Å²) in [7, 11) is 2.08. The van der Waals surface area contributed by atoms with Crippen molar-refractivity contribution in [1.82, 2.24) is 9.80 Å². The molecule has 2 unspecified atom stereocenters. The number of amides is 2. The van der Waals surface area contributed by atoms with E-state index in [9.17, 15) is 4.79 Å². The Morgan fingerprint density at radius 2 is 2.00 bits per heavy atom. The van der Waals surface area contributed by atoms with E-state index < -0.39 is 0 Å². The Kier molecular flexibility index (Phi) is 1.32. The predicted octanol–water partition coefficient (Wildman–Crippen LogP) is -0.547. The number of hydrogen-bond donors (Lipinski definition) is 1. The number of urea groups is 1. The number of hydrogen-bond acceptors (Lipinski definition) is 2. The normalized spacial score (nSPS) is 36.6. The van der Waals surface area contributed by atoms with Gasteiger partial charge < -0.3 is 15.5 Å². The largest absolute Gasteiger partial charge is 0.351 e. The molecule has 2 bridgehead atoms. The molecule has 0 spiro atoms. The molecule has 0 saturated carbocycles. The van der Waals surface area contributed by atoms with Gasteiger partial charge in [0.2, 0.25) is 0 Å². The van der Waals surface area contributed by atoms with Crippen molar-refractivity contribution in [3.05, 3.63) is 0 Å². The molecule has 62 valence electrons. The van der Waals surface area contributed by atoms with Gasteiger partial charge in [-0.15, -0.1) is 0 Å². The molecular weight excluding hydrogens is 142 g/mol. The summed E-state index contributed by atoms with van der Waals surface area (Å²) < 4.78 is 0. The van der Waals surface area contributed by atoms with Crippen molar-refractivity contribution in [3.8, 4) is 0 Å². The summed E-state index contributed by atoms with van der Waals surface area (Å²) in [6, 6.07) is 0.548. The number of nitrogens with zero attached hydrogens (tertiary/aromatic N) is 2. The van der Waals surface area contributed by atoms with Crippen molar-refractivity contribution in [2.45, 2.75) is 18.5 Å². The maximum atomic E-state index is 10.8. The number of piperazine rings is 1. The highest BCUT2D eigenvalue weighted by Crippen LogP contribution is 2.30. The molecule has 2 atom stereocenters. The summed E-state index contributed by atoms with van der Waals surface area (Å²) in [6.45, 7) is 1.97. The minimum atomic E-state index is -0.251. The number of piperidine rings is 1. The Morgan fingerprint density at radius 3 is 2.45 bits per heavy atom. The van der Waals surface area contributed by atoms with Gasteiger partial charge in [0.1, 0.15) is 0 Å². The second-order valence-corrected chi connectivity index (χ2v) is 3.51. The molecule has 0 aromatic heterocycles. The molecule has 0 aromatic carbocycles. The number of carbonyl (C=O) groups excluding carboxylic acids is 1. The summed E-state index contributed by atoms with van der Waals surface area (Å²) in [6.07, 6.45) is 1.15. The molecule has 0 aromatic rings. The summed E-state index contributed by atoms with van der Waals surface area (Å²) >= 11 is 0. The molecule has 4 heteroatoms. The Balaban J connectivity index is 2.04. The highest BCUT2D eigenvalue weighted by Gasteiger charge is 2.45. The molecule has 3 fully saturated rings. The molecule has 3 aliphatic heterocycles. The van der Waals surface area contributed by atoms with Crippen LogP contribution in [0.25, 0.3) is 0 Å². The van der Waals surface area contributed by atoms with Crippen LogP contribution in [-0.4, -0.2) is 48.1 Å². The third-order valence-electron chi connectivity index (χ3n) is 2.63. The van der Waals surface area contributed by atoms with Gasteiger partial charge in [0.05, 0.1) is 0 Å². The fourth-order valence-electron chi connectivity index (χ4n) is 2.18. The van der Waals surface area contributed by atoms with E-state index in [1.54, 1.807) is 4.90 Å². The summed E-state index contributed by atoms with van der Waals surface area (Å²) in [5, 5.41) is 0. The number of nitrogens with two attached hydrogens (primary N) is 1. The van der Waals surface area contributed by atoms with Crippen LogP contribution in [0, 0.1) is 0 Å². The summed E-state index contributed by atoms with van der Waals surface area (Å²) in [4.78, 5) is 14.9. The molecule has 0 radical (unpaired) electrons. The van der Waals surface area contributed by atoms with E-state index in [0.29, 0.717) is 12.1 Å². The van der Waals surface area contributed by atoms with Gasteiger partial charge in [0, 0.05) is 25.2 Å². The molecule has 2 N–H and O–H groups in total. The highest BCUT2D eigenvalue weighted by molar-refractivity contribution is 5.74. The third-order valence-corrected chi connectivity index (χ3v) is 2.63. The highest BCUT2D eigenvalue weighted by atomic mass is 16.2. The fourth-order valence-corrected chi connectivity index (χ4v) is 2.18. The molecule has 2 amide bonds. The topological polar surface area (TPSA) is 49.6 Å². The quantitative estimate of drug-likeness (QED) is 0.510. The van der Waals surface area contributed by atoms with Gasteiger partial charge >= 0.3 is 6.03 Å². The van der Waals surface area contributed by atoms with Crippen molar-refractivity contribution < 1.29 is 4.79 Å². The fraction of sp³-hybridized carbons (Fsp3) is 0.857. The minimum Gasteiger partial charge on any atom is -0.351 e. The smallest absolute Gasteiger partial charge is 0.315 e. The standard InChI is InChI=1S/C7H13N3O/c1-9-3-5-2-6(4-9)10(5)7(8)11/h5-6H,2-4H2,1H3,(H2,8,11). The third kappa shape index (κ3) is 0.894. The van der Waals surface area contributed by atoms with Crippen LogP contribution in [0.3, 0.4) is 0 Å². The Bertz CT molecular complexity index is 182. The van der Waals surface area contributed by atoms with Crippen LogP contribution in [-0.2, 0) is 0 Å². The van der Waals surface area contributed by atoms with Crippen LogP contribution in [0.2, 0.25) is 0 Å². The molecule has 11 heavy (non-hydrogen) atoms. The number of rotatable bonds is 0. The van der Waals surface area contributed by atoms with E-state index in [0.717, 1.165) is 19.5 Å². The van der Waals surface area contributed by atoms with Gasteiger partial charge in [0.25, 0.3) is 0 Å². The summed E-state index contributed by atoms with van der Waals surface area (Å²) in [5.41, 5.74) is 5.20. The molecular formula is C7H13N3O. The van der Waals surface area contributed by atoms with Crippen molar-refractivity contribution >= 4 is 6.03 Å². The zero-order valence-corrected chi connectivity index (χ0v) is 6.66. The first-order valence-corrected chi connectivity index (χ1v) is 3.95. The first-order valence-electron chi connectivity index (χ1n) is 3.95. The number of likely N-dealkylation sites (N-methyl/N-ethyl adjacent to an activating group) is 1. The van der Waals surface area contributed by atoms with Crippen molar-refractivity contribution in [1.29, 1.82) is 0 Å². The SMILES string of the molecule is CN1CC2CC(C1)N2C(N)=O. The second-order valence-electron chi connectivity index (χ2n) is 3.51. The number of carbonyl (C=O) groups is 1. The molecule has 3 aliphatic rings. The molecule has 3 heterocycles. The average molecular weight is 155 g/mol. The lowest BCUT2D eigenvalue weighted by molar-refractivity contribution is -0.0236. The van der Waals surface area contributed by atoms with Gasteiger partial charge in [-0.3, -0.25) is 0 Å². The molecule has 3 saturated heterocycles. The minimum absolute atomic E-state index is 0.251. The molecule has 4 nitrogen and oxygen atoms in total. The van der Waals surface area contributed by atoms with Gasteiger partial charge in [-0.25, -0.2) is 4.79 Å². The monoisotopic (exact) mass is 155 g/mol. The van der Waals surface area contributed by atoms with Gasteiger partial charge in [-0.2, -0.15) is 0 Å². The maximum Gasteiger partial charge on any atom is 0.315 e. The first-order chi connectivity index (χ1) is 5.18. The summed E-state index contributed by atoms with van der Waals surface area (Å²) in [5.74, 6) is 0. The lowest BCUT2D eigenvalue weighted by Gasteiger charge is -2.54. The van der Waals surface area contributed by atoms with Crippen LogP contribution in [0.1, 0.15) is 6.42 Å². The Morgan fingerprint density at radius 1 is 1.45 bits per heavy atom. The van der Waals surface area contributed by atoms with E-state index in [1.807, 2.05) is 0 Å². The predicted molar refractivity (Wildman–Crippen MR) is 41.1 cm³/mol. The van der Waals surface area contributed by atoms with Crippen LogP contribution in [0.5, 0.6) is 0 Å². The van der Waals surface area contributed by atoms with Gasteiger partial charge in [-0.05, 0) is 13.5 Å². The van der Waals surface area contributed by atoms with E-state index in [2.05, 4.69) is 11.9 Å².